The van der Waals surface area contributed by atoms with Gasteiger partial charge in [-0.25, -0.2) is 0 Å². The first-order valence-electron chi connectivity index (χ1n) is 7.79. The molecule has 0 saturated carbocycles. The van der Waals surface area contributed by atoms with Crippen LogP contribution in [-0.4, -0.2) is 20.7 Å². The van der Waals surface area contributed by atoms with Crippen LogP contribution in [-0.2, 0) is 13.1 Å². The molecule has 3 nitrogen and oxygen atoms in total. The second kappa shape index (κ2) is 7.85. The molecular weight excluding hydrogens is 272 g/mol. The van der Waals surface area contributed by atoms with E-state index in [2.05, 4.69) is 59.6 Å². The van der Waals surface area contributed by atoms with E-state index in [-0.39, 0.29) is 0 Å². The van der Waals surface area contributed by atoms with E-state index in [1.165, 1.54) is 16.7 Å². The van der Waals surface area contributed by atoms with Crippen LogP contribution in [0.4, 0.5) is 5.69 Å². The van der Waals surface area contributed by atoms with Crippen LogP contribution in [0.15, 0.2) is 42.5 Å². The van der Waals surface area contributed by atoms with Crippen LogP contribution >= 0.6 is 0 Å². The Labute approximate surface area is 133 Å². The Hall–Kier alpha value is -2.00. The maximum atomic E-state index is 5.75. The van der Waals surface area contributed by atoms with Crippen molar-refractivity contribution in [3.05, 3.63) is 59.2 Å². The van der Waals surface area contributed by atoms with Gasteiger partial charge in [-0.2, -0.15) is 0 Å². The predicted octanol–water partition coefficient (Wildman–Crippen LogP) is 3.75. The van der Waals surface area contributed by atoms with Gasteiger partial charge in [-0.3, -0.25) is 0 Å². The molecule has 0 atom stereocenters. The molecule has 1 N–H and O–H groups in total. The number of rotatable bonds is 7. The highest BCUT2D eigenvalue weighted by molar-refractivity contribution is 5.58. The number of aryl methyl sites for hydroxylation is 1. The normalized spacial score (nSPS) is 10.5. The Balaban J connectivity index is 1.97. The number of hydrogen-bond acceptors (Lipinski definition) is 3. The number of benzene rings is 2. The number of nitrogens with one attached hydrogen (secondary N) is 1. The zero-order valence-electron chi connectivity index (χ0n) is 14.0. The number of nitrogens with zero attached hydrogens (tertiary/aromatic N) is 1. The van der Waals surface area contributed by atoms with Crippen molar-refractivity contribution in [3.63, 3.8) is 0 Å². The van der Waals surface area contributed by atoms with Gasteiger partial charge in [0, 0.05) is 27.2 Å². The average Bonchev–Trinajstić information content (AvgIpc) is 2.49. The maximum absolute atomic E-state index is 5.75. The largest absolute Gasteiger partial charge is 0.492 e. The zero-order valence-corrected chi connectivity index (χ0v) is 14.0. The molecule has 118 valence electrons. The van der Waals surface area contributed by atoms with E-state index in [9.17, 15) is 0 Å². The summed E-state index contributed by atoms with van der Waals surface area (Å²) in [5, 5.41) is 3.49. The van der Waals surface area contributed by atoms with Crippen molar-refractivity contribution in [1.82, 2.24) is 5.32 Å². The van der Waals surface area contributed by atoms with Crippen LogP contribution in [0.25, 0.3) is 0 Å². The first-order valence-corrected chi connectivity index (χ1v) is 7.79. The third-order valence-electron chi connectivity index (χ3n) is 3.58. The van der Waals surface area contributed by atoms with Crippen LogP contribution in [0.1, 0.15) is 23.6 Å². The molecule has 0 saturated heterocycles. The molecule has 0 bridgehead atoms. The molecule has 22 heavy (non-hydrogen) atoms. The van der Waals surface area contributed by atoms with Gasteiger partial charge < -0.3 is 15.0 Å². The van der Waals surface area contributed by atoms with Crippen molar-refractivity contribution in [2.75, 3.05) is 25.6 Å². The van der Waals surface area contributed by atoms with Crippen molar-refractivity contribution < 1.29 is 4.74 Å². The van der Waals surface area contributed by atoms with Crippen molar-refractivity contribution in [2.45, 2.75) is 26.9 Å². The lowest BCUT2D eigenvalue weighted by Crippen LogP contribution is -2.14. The molecule has 2 rings (SSSR count). The summed E-state index contributed by atoms with van der Waals surface area (Å²) in [6.45, 7) is 6.52. The number of anilines is 1. The second-order valence-corrected chi connectivity index (χ2v) is 5.72. The second-order valence-electron chi connectivity index (χ2n) is 5.72. The topological polar surface area (TPSA) is 24.5 Å². The van der Waals surface area contributed by atoms with Gasteiger partial charge in [0.25, 0.3) is 0 Å². The lowest BCUT2D eigenvalue weighted by Gasteiger charge is -2.18. The molecular formula is C19H26N2O. The number of hydrogen-bond donors (Lipinski definition) is 1. The van der Waals surface area contributed by atoms with E-state index in [0.29, 0.717) is 6.61 Å². The van der Waals surface area contributed by atoms with E-state index in [1.807, 2.05) is 21.0 Å². The smallest absolute Gasteiger partial charge is 0.142 e. The summed E-state index contributed by atoms with van der Waals surface area (Å²) in [6.07, 6.45) is 0. The molecule has 0 unspecified atom stereocenters. The quantitative estimate of drug-likeness (QED) is 0.842. The molecule has 0 heterocycles. The number of ether oxygens (including phenoxy) is 1. The standard InChI is InChI=1S/C19H26N2O/c1-5-22-19-12-17(10-11-18(19)21(3)4)14-20-13-16-8-6-15(2)7-9-16/h6-12,20H,5,13-14H2,1-4H3. The van der Waals surface area contributed by atoms with Crippen molar-refractivity contribution >= 4 is 5.69 Å². The summed E-state index contributed by atoms with van der Waals surface area (Å²) >= 11 is 0. The summed E-state index contributed by atoms with van der Waals surface area (Å²) in [4.78, 5) is 2.08. The molecule has 0 fully saturated rings. The molecule has 0 aliphatic carbocycles. The van der Waals surface area contributed by atoms with Gasteiger partial charge in [0.15, 0.2) is 0 Å². The molecule has 0 aliphatic heterocycles. The Morgan fingerprint density at radius 1 is 0.955 bits per heavy atom. The van der Waals surface area contributed by atoms with Gasteiger partial charge in [0.2, 0.25) is 0 Å². The monoisotopic (exact) mass is 298 g/mol. The minimum atomic E-state index is 0.682. The molecule has 2 aromatic rings. The van der Waals surface area contributed by atoms with E-state index in [0.717, 1.165) is 24.5 Å². The van der Waals surface area contributed by atoms with Crippen LogP contribution in [0.3, 0.4) is 0 Å². The summed E-state index contributed by atoms with van der Waals surface area (Å²) in [5.74, 6) is 0.946. The summed E-state index contributed by atoms with van der Waals surface area (Å²) in [6, 6.07) is 15.0. The maximum Gasteiger partial charge on any atom is 0.142 e. The van der Waals surface area contributed by atoms with Crippen molar-refractivity contribution in [3.8, 4) is 5.75 Å². The molecule has 0 amide bonds. The summed E-state index contributed by atoms with van der Waals surface area (Å²) < 4.78 is 5.75. The summed E-state index contributed by atoms with van der Waals surface area (Å²) in [5.41, 5.74) is 4.95. The van der Waals surface area contributed by atoms with E-state index in [4.69, 9.17) is 4.74 Å². The summed E-state index contributed by atoms with van der Waals surface area (Å²) in [7, 11) is 4.07. The highest BCUT2D eigenvalue weighted by Gasteiger charge is 2.06. The van der Waals surface area contributed by atoms with Gasteiger partial charge in [0.05, 0.1) is 12.3 Å². The third-order valence-corrected chi connectivity index (χ3v) is 3.58. The fraction of sp³-hybridized carbons (Fsp3) is 0.368. The molecule has 0 spiro atoms. The molecule has 0 aromatic heterocycles. The van der Waals surface area contributed by atoms with Crippen molar-refractivity contribution in [1.29, 1.82) is 0 Å². The highest BCUT2D eigenvalue weighted by atomic mass is 16.5. The fourth-order valence-electron chi connectivity index (χ4n) is 2.37. The molecule has 0 radical (unpaired) electrons. The Morgan fingerprint density at radius 2 is 1.59 bits per heavy atom. The van der Waals surface area contributed by atoms with Gasteiger partial charge in [-0.15, -0.1) is 0 Å². The third kappa shape index (κ3) is 4.50. The van der Waals surface area contributed by atoms with Crippen molar-refractivity contribution in [2.24, 2.45) is 0 Å². The van der Waals surface area contributed by atoms with E-state index >= 15 is 0 Å². The van der Waals surface area contributed by atoms with Gasteiger partial charge in [-0.1, -0.05) is 35.9 Å². The van der Waals surface area contributed by atoms with Crippen LogP contribution in [0, 0.1) is 6.92 Å². The predicted molar refractivity (Wildman–Crippen MR) is 93.7 cm³/mol. The minimum Gasteiger partial charge on any atom is -0.492 e. The first kappa shape index (κ1) is 16.4. The van der Waals surface area contributed by atoms with E-state index < -0.39 is 0 Å². The Kier molecular flexibility index (Phi) is 5.84. The van der Waals surface area contributed by atoms with Crippen LogP contribution < -0.4 is 15.0 Å². The van der Waals surface area contributed by atoms with Gasteiger partial charge in [0.1, 0.15) is 5.75 Å². The lowest BCUT2D eigenvalue weighted by molar-refractivity contribution is 0.340. The average molecular weight is 298 g/mol. The van der Waals surface area contributed by atoms with Crippen LogP contribution in [0.2, 0.25) is 0 Å². The minimum absolute atomic E-state index is 0.682. The molecule has 3 heteroatoms. The van der Waals surface area contributed by atoms with E-state index in [1.54, 1.807) is 0 Å². The lowest BCUT2D eigenvalue weighted by atomic mass is 10.1. The van der Waals surface area contributed by atoms with Crippen LogP contribution in [0.5, 0.6) is 5.75 Å². The molecule has 0 aliphatic rings. The Morgan fingerprint density at radius 3 is 2.23 bits per heavy atom. The highest BCUT2D eigenvalue weighted by Crippen LogP contribution is 2.28. The Bertz CT molecular complexity index is 591. The van der Waals surface area contributed by atoms with Gasteiger partial charge >= 0.3 is 0 Å². The van der Waals surface area contributed by atoms with Gasteiger partial charge in [-0.05, 0) is 37.1 Å². The fourth-order valence-corrected chi connectivity index (χ4v) is 2.37. The molecule has 2 aromatic carbocycles. The SMILES string of the molecule is CCOc1cc(CNCc2ccc(C)cc2)ccc1N(C)C. The zero-order chi connectivity index (χ0) is 15.9. The first-order chi connectivity index (χ1) is 10.6.